The Morgan fingerprint density at radius 1 is 1.44 bits per heavy atom. The van der Waals surface area contributed by atoms with Crippen LogP contribution in [0.5, 0.6) is 0 Å². The number of hydrogen-bond acceptors (Lipinski definition) is 3. The van der Waals surface area contributed by atoms with E-state index >= 15 is 0 Å². The molecule has 1 fully saturated rings. The number of hydrogen-bond donors (Lipinski definition) is 1. The second-order valence-electron chi connectivity index (χ2n) is 4.74. The van der Waals surface area contributed by atoms with Crippen molar-refractivity contribution < 1.29 is 9.90 Å². The lowest BCUT2D eigenvalue weighted by Gasteiger charge is -2.36. The van der Waals surface area contributed by atoms with Crippen LogP contribution in [0.3, 0.4) is 0 Å². The van der Waals surface area contributed by atoms with E-state index in [9.17, 15) is 4.79 Å². The van der Waals surface area contributed by atoms with Gasteiger partial charge in [0, 0.05) is 6.04 Å². The van der Waals surface area contributed by atoms with Crippen LogP contribution in [0.2, 0.25) is 0 Å². The summed E-state index contributed by atoms with van der Waals surface area (Å²) in [6.45, 7) is 5.82. The molecule has 0 aliphatic carbocycles. The molecule has 0 saturated carbocycles. The Morgan fingerprint density at radius 3 is 2.56 bits per heavy atom. The Hall–Kier alpha value is -0.610. The molecule has 1 heterocycles. The summed E-state index contributed by atoms with van der Waals surface area (Å²) in [5.74, 6) is -0.726. The molecule has 1 aliphatic rings. The average Bonchev–Trinajstić information content (AvgIpc) is 2.26. The maximum absolute atomic E-state index is 10.6. The molecule has 0 aromatic heterocycles. The minimum atomic E-state index is -0.726. The van der Waals surface area contributed by atoms with Crippen molar-refractivity contribution in [3.63, 3.8) is 0 Å². The Kier molecular flexibility index (Phi) is 5.77. The Bertz CT molecular complexity index is 213. The van der Waals surface area contributed by atoms with Crippen molar-refractivity contribution >= 4 is 5.97 Å². The molecule has 1 N–H and O–H groups in total. The van der Waals surface area contributed by atoms with Crippen LogP contribution in [-0.2, 0) is 4.79 Å². The fraction of sp³-hybridized carbons (Fsp3) is 0.917. The average molecular weight is 228 g/mol. The predicted molar refractivity (Wildman–Crippen MR) is 64.6 cm³/mol. The van der Waals surface area contributed by atoms with Gasteiger partial charge in [0.1, 0.15) is 0 Å². The van der Waals surface area contributed by atoms with Gasteiger partial charge in [-0.05, 0) is 45.9 Å². The fourth-order valence-corrected chi connectivity index (χ4v) is 2.31. The van der Waals surface area contributed by atoms with Crippen LogP contribution in [0.15, 0.2) is 0 Å². The first kappa shape index (κ1) is 13.5. The highest BCUT2D eigenvalue weighted by Gasteiger charge is 2.22. The maximum Gasteiger partial charge on any atom is 0.317 e. The monoisotopic (exact) mass is 228 g/mol. The largest absolute Gasteiger partial charge is 0.480 e. The second kappa shape index (κ2) is 6.86. The summed E-state index contributed by atoms with van der Waals surface area (Å²) in [6, 6.07) is 0.453. The number of aliphatic carboxylic acids is 1. The summed E-state index contributed by atoms with van der Waals surface area (Å²) in [4.78, 5) is 15.1. The second-order valence-corrected chi connectivity index (χ2v) is 4.74. The molecule has 0 bridgehead atoms. The molecule has 0 unspecified atom stereocenters. The standard InChI is InChI=1S/C12H24N2O2/c1-3-4-7-14-8-5-11(6-9-14)13(2)10-12(15)16/h11H,3-10H2,1-2H3,(H,15,16). The van der Waals surface area contributed by atoms with Crippen molar-refractivity contribution in [3.05, 3.63) is 0 Å². The van der Waals surface area contributed by atoms with Gasteiger partial charge in [-0.25, -0.2) is 0 Å². The fourth-order valence-electron chi connectivity index (χ4n) is 2.31. The SMILES string of the molecule is CCCCN1CCC(N(C)CC(=O)O)CC1. The summed E-state index contributed by atoms with van der Waals surface area (Å²) in [7, 11) is 1.92. The number of carboxylic acids is 1. The van der Waals surface area contributed by atoms with Gasteiger partial charge in [0.05, 0.1) is 6.54 Å². The third-order valence-electron chi connectivity index (χ3n) is 3.39. The molecule has 16 heavy (non-hydrogen) atoms. The van der Waals surface area contributed by atoms with Crippen LogP contribution >= 0.6 is 0 Å². The molecule has 0 spiro atoms. The van der Waals surface area contributed by atoms with Crippen molar-refractivity contribution in [2.24, 2.45) is 0 Å². The van der Waals surface area contributed by atoms with Crippen LogP contribution in [0, 0.1) is 0 Å². The van der Waals surface area contributed by atoms with Gasteiger partial charge in [0.25, 0.3) is 0 Å². The van der Waals surface area contributed by atoms with Crippen LogP contribution in [0.25, 0.3) is 0 Å². The van der Waals surface area contributed by atoms with Gasteiger partial charge >= 0.3 is 5.97 Å². The Balaban J connectivity index is 2.23. The van der Waals surface area contributed by atoms with Crippen molar-refractivity contribution in [2.75, 3.05) is 33.2 Å². The van der Waals surface area contributed by atoms with Gasteiger partial charge in [-0.1, -0.05) is 13.3 Å². The minimum Gasteiger partial charge on any atom is -0.480 e. The summed E-state index contributed by atoms with van der Waals surface area (Å²) in [6.07, 6.45) is 4.73. The number of piperidine rings is 1. The third kappa shape index (κ3) is 4.49. The topological polar surface area (TPSA) is 43.8 Å². The molecule has 94 valence electrons. The van der Waals surface area contributed by atoms with Gasteiger partial charge in [-0.2, -0.15) is 0 Å². The number of nitrogens with zero attached hydrogens (tertiary/aromatic N) is 2. The van der Waals surface area contributed by atoms with Crippen LogP contribution in [0.4, 0.5) is 0 Å². The van der Waals surface area contributed by atoms with Crippen molar-refractivity contribution in [1.29, 1.82) is 0 Å². The van der Waals surface area contributed by atoms with E-state index in [1.54, 1.807) is 0 Å². The van der Waals surface area contributed by atoms with Crippen LogP contribution < -0.4 is 0 Å². The zero-order chi connectivity index (χ0) is 12.0. The zero-order valence-electron chi connectivity index (χ0n) is 10.5. The lowest BCUT2D eigenvalue weighted by molar-refractivity contribution is -0.138. The molecular formula is C12H24N2O2. The number of unbranched alkanes of at least 4 members (excludes halogenated alkanes) is 1. The van der Waals surface area contributed by atoms with Gasteiger partial charge in [0.2, 0.25) is 0 Å². The van der Waals surface area contributed by atoms with E-state index in [1.165, 1.54) is 19.4 Å². The summed E-state index contributed by atoms with van der Waals surface area (Å²) >= 11 is 0. The molecule has 1 saturated heterocycles. The van der Waals surface area contributed by atoms with E-state index < -0.39 is 5.97 Å². The molecule has 0 amide bonds. The number of carbonyl (C=O) groups is 1. The van der Waals surface area contributed by atoms with E-state index in [1.807, 2.05) is 11.9 Å². The third-order valence-corrected chi connectivity index (χ3v) is 3.39. The molecule has 4 heteroatoms. The molecule has 1 rings (SSSR count). The maximum atomic E-state index is 10.6. The number of carboxylic acid groups (broad SMARTS) is 1. The summed E-state index contributed by atoms with van der Waals surface area (Å²) < 4.78 is 0. The van der Waals surface area contributed by atoms with Gasteiger partial charge in [0.15, 0.2) is 0 Å². The van der Waals surface area contributed by atoms with E-state index in [-0.39, 0.29) is 6.54 Å². The lowest BCUT2D eigenvalue weighted by Crippen LogP contribution is -2.45. The van der Waals surface area contributed by atoms with E-state index in [4.69, 9.17) is 5.11 Å². The Morgan fingerprint density at radius 2 is 2.06 bits per heavy atom. The summed E-state index contributed by atoms with van der Waals surface area (Å²) in [5, 5.41) is 8.73. The molecule has 1 aliphatic heterocycles. The predicted octanol–water partition coefficient (Wildman–Crippen LogP) is 1.27. The van der Waals surface area contributed by atoms with Crippen molar-refractivity contribution in [2.45, 2.75) is 38.6 Å². The molecule has 0 atom stereocenters. The van der Waals surface area contributed by atoms with Gasteiger partial charge in [-0.15, -0.1) is 0 Å². The highest BCUT2D eigenvalue weighted by Crippen LogP contribution is 2.15. The molecule has 0 aromatic carbocycles. The van der Waals surface area contributed by atoms with Crippen LogP contribution in [-0.4, -0.2) is 60.1 Å². The first-order chi connectivity index (χ1) is 7.63. The first-order valence-electron chi connectivity index (χ1n) is 6.28. The smallest absolute Gasteiger partial charge is 0.317 e. The zero-order valence-corrected chi connectivity index (χ0v) is 10.5. The van der Waals surface area contributed by atoms with Crippen LogP contribution in [0.1, 0.15) is 32.6 Å². The highest BCUT2D eigenvalue weighted by atomic mass is 16.4. The first-order valence-corrected chi connectivity index (χ1v) is 6.28. The Labute approximate surface area is 98.2 Å². The lowest BCUT2D eigenvalue weighted by atomic mass is 10.0. The highest BCUT2D eigenvalue weighted by molar-refractivity contribution is 5.69. The van der Waals surface area contributed by atoms with E-state index in [0.29, 0.717) is 6.04 Å². The van der Waals surface area contributed by atoms with E-state index in [0.717, 1.165) is 25.9 Å². The molecule has 0 aromatic rings. The van der Waals surface area contributed by atoms with E-state index in [2.05, 4.69) is 11.8 Å². The van der Waals surface area contributed by atoms with Gasteiger partial charge < -0.3 is 10.0 Å². The molecular weight excluding hydrogens is 204 g/mol. The molecule has 0 radical (unpaired) electrons. The van der Waals surface area contributed by atoms with Crippen molar-refractivity contribution in [3.8, 4) is 0 Å². The van der Waals surface area contributed by atoms with Gasteiger partial charge in [-0.3, -0.25) is 9.69 Å². The number of likely N-dealkylation sites (tertiary alicyclic amines) is 1. The van der Waals surface area contributed by atoms with Crippen molar-refractivity contribution in [1.82, 2.24) is 9.80 Å². The summed E-state index contributed by atoms with van der Waals surface area (Å²) in [5.41, 5.74) is 0. The number of likely N-dealkylation sites (N-methyl/N-ethyl adjacent to an activating group) is 1. The number of rotatable bonds is 6. The molecule has 4 nitrogen and oxygen atoms in total. The minimum absolute atomic E-state index is 0.166. The quantitative estimate of drug-likeness (QED) is 0.743. The normalized spacial score (nSPS) is 19.2.